The van der Waals surface area contributed by atoms with Crippen LogP contribution in [0.4, 0.5) is 0 Å². The average molecular weight is 263 g/mol. The Morgan fingerprint density at radius 2 is 1.84 bits per heavy atom. The fraction of sp³-hybridized carbons (Fsp3) is 0.500. The zero-order valence-electron chi connectivity index (χ0n) is 10.9. The molecule has 0 bridgehead atoms. The van der Waals surface area contributed by atoms with E-state index in [1.807, 2.05) is 0 Å². The van der Waals surface area contributed by atoms with Gasteiger partial charge in [0.1, 0.15) is 0 Å². The molecule has 1 fully saturated rings. The Balaban J connectivity index is 1.92. The maximum atomic E-state index is 12.0. The van der Waals surface area contributed by atoms with E-state index in [4.69, 9.17) is 5.11 Å². The van der Waals surface area contributed by atoms with Gasteiger partial charge in [0.15, 0.2) is 5.78 Å². The Labute approximate surface area is 112 Å². The summed E-state index contributed by atoms with van der Waals surface area (Å²) in [4.78, 5) is 28.1. The molecule has 0 aromatic carbocycles. The predicted octanol–water partition coefficient (Wildman–Crippen LogP) is 0.421. The van der Waals surface area contributed by atoms with Gasteiger partial charge in [-0.3, -0.25) is 9.78 Å². The largest absolute Gasteiger partial charge is 0.478 e. The minimum atomic E-state index is -1.05. The van der Waals surface area contributed by atoms with Crippen LogP contribution < -0.4 is 4.90 Å². The van der Waals surface area contributed by atoms with Gasteiger partial charge in [0.05, 0.1) is 31.6 Å². The van der Waals surface area contributed by atoms with Crippen LogP contribution in [-0.4, -0.2) is 41.5 Å². The Bertz CT molecular complexity index is 468. The molecule has 1 aliphatic heterocycles. The molecule has 0 radical (unpaired) electrons. The number of likely N-dealkylation sites (tertiary alicyclic amines) is 1. The first-order chi connectivity index (χ1) is 9.16. The SMILES string of the molecule is O=C(O)c1cncc(C(=O)CC[NH+]2CCCCC2)c1. The van der Waals surface area contributed by atoms with E-state index >= 15 is 0 Å². The quantitative estimate of drug-likeness (QED) is 0.755. The Hall–Kier alpha value is -1.75. The molecular formula is C14H19N2O3+. The number of carboxylic acids is 1. The van der Waals surface area contributed by atoms with Crippen molar-refractivity contribution >= 4 is 11.8 Å². The van der Waals surface area contributed by atoms with E-state index in [1.54, 1.807) is 0 Å². The van der Waals surface area contributed by atoms with Gasteiger partial charge in [-0.05, 0) is 25.3 Å². The lowest BCUT2D eigenvalue weighted by molar-refractivity contribution is -0.904. The Morgan fingerprint density at radius 1 is 1.16 bits per heavy atom. The molecule has 0 unspecified atom stereocenters. The zero-order chi connectivity index (χ0) is 13.7. The van der Waals surface area contributed by atoms with Gasteiger partial charge in [0, 0.05) is 18.0 Å². The van der Waals surface area contributed by atoms with Gasteiger partial charge < -0.3 is 10.0 Å². The molecule has 2 heterocycles. The molecule has 1 aromatic heterocycles. The third-order valence-corrected chi connectivity index (χ3v) is 3.57. The maximum Gasteiger partial charge on any atom is 0.337 e. The summed E-state index contributed by atoms with van der Waals surface area (Å²) in [6.07, 6.45) is 6.93. The first kappa shape index (κ1) is 13.7. The summed E-state index contributed by atoms with van der Waals surface area (Å²) < 4.78 is 0. The Morgan fingerprint density at radius 3 is 2.53 bits per heavy atom. The van der Waals surface area contributed by atoms with Crippen LogP contribution in [0.15, 0.2) is 18.5 Å². The molecule has 19 heavy (non-hydrogen) atoms. The molecule has 2 rings (SSSR count). The van der Waals surface area contributed by atoms with Crippen molar-refractivity contribution in [1.29, 1.82) is 0 Å². The van der Waals surface area contributed by atoms with Crippen molar-refractivity contribution < 1.29 is 19.6 Å². The second-order valence-corrected chi connectivity index (χ2v) is 5.00. The van der Waals surface area contributed by atoms with Crippen LogP contribution in [0.1, 0.15) is 46.4 Å². The second kappa shape index (κ2) is 6.43. The molecular weight excluding hydrogens is 244 g/mol. The molecule has 0 amide bonds. The minimum Gasteiger partial charge on any atom is -0.478 e. The molecule has 1 aliphatic rings. The number of hydrogen-bond donors (Lipinski definition) is 2. The summed E-state index contributed by atoms with van der Waals surface area (Å²) in [5.74, 6) is -1.07. The number of nitrogens with one attached hydrogen (secondary N) is 1. The van der Waals surface area contributed by atoms with Gasteiger partial charge in [-0.15, -0.1) is 0 Å². The fourth-order valence-corrected chi connectivity index (χ4v) is 2.45. The van der Waals surface area contributed by atoms with Gasteiger partial charge in [-0.2, -0.15) is 0 Å². The smallest absolute Gasteiger partial charge is 0.337 e. The van der Waals surface area contributed by atoms with Crippen LogP contribution >= 0.6 is 0 Å². The van der Waals surface area contributed by atoms with E-state index in [9.17, 15) is 9.59 Å². The number of aromatic carboxylic acids is 1. The number of carbonyl (C=O) groups is 2. The molecule has 5 nitrogen and oxygen atoms in total. The van der Waals surface area contributed by atoms with Crippen molar-refractivity contribution in [3.8, 4) is 0 Å². The first-order valence-electron chi connectivity index (χ1n) is 6.72. The molecule has 5 heteroatoms. The van der Waals surface area contributed by atoms with E-state index in [0.29, 0.717) is 12.0 Å². The lowest BCUT2D eigenvalue weighted by atomic mass is 10.1. The summed E-state index contributed by atoms with van der Waals surface area (Å²) in [7, 11) is 0. The third-order valence-electron chi connectivity index (χ3n) is 3.57. The van der Waals surface area contributed by atoms with E-state index in [2.05, 4.69) is 4.98 Å². The Kier molecular flexibility index (Phi) is 4.63. The van der Waals surface area contributed by atoms with E-state index in [1.165, 1.54) is 42.6 Å². The predicted molar refractivity (Wildman–Crippen MR) is 69.6 cm³/mol. The molecule has 0 saturated carbocycles. The van der Waals surface area contributed by atoms with Crippen molar-refractivity contribution in [3.63, 3.8) is 0 Å². The third kappa shape index (κ3) is 3.86. The molecule has 2 N–H and O–H groups in total. The average Bonchev–Trinajstić information content (AvgIpc) is 2.46. The second-order valence-electron chi connectivity index (χ2n) is 5.00. The van der Waals surface area contributed by atoms with Crippen molar-refractivity contribution in [2.45, 2.75) is 25.7 Å². The van der Waals surface area contributed by atoms with Gasteiger partial charge in [0.2, 0.25) is 0 Å². The monoisotopic (exact) mass is 263 g/mol. The number of hydrogen-bond acceptors (Lipinski definition) is 3. The van der Waals surface area contributed by atoms with Gasteiger partial charge >= 0.3 is 5.97 Å². The van der Waals surface area contributed by atoms with E-state index in [-0.39, 0.29) is 11.3 Å². The summed E-state index contributed by atoms with van der Waals surface area (Å²) in [6, 6.07) is 1.41. The van der Waals surface area contributed by atoms with Crippen molar-refractivity contribution in [3.05, 3.63) is 29.6 Å². The standard InChI is InChI=1S/C14H18N2O3/c17-13(4-7-16-5-2-1-3-6-16)11-8-12(14(18)19)10-15-9-11/h8-10H,1-7H2,(H,18,19)/p+1. The van der Waals surface area contributed by atoms with Crippen molar-refractivity contribution in [1.82, 2.24) is 4.98 Å². The minimum absolute atomic E-state index is 0.0197. The summed E-state index contributed by atoms with van der Waals surface area (Å²) >= 11 is 0. The highest BCUT2D eigenvalue weighted by atomic mass is 16.4. The normalized spacial score (nSPS) is 16.2. The van der Waals surface area contributed by atoms with Gasteiger partial charge in [-0.25, -0.2) is 4.79 Å². The summed E-state index contributed by atoms with van der Waals surface area (Å²) in [5.41, 5.74) is 0.465. The number of nitrogens with zero attached hydrogens (tertiary/aromatic N) is 1. The number of aromatic nitrogens is 1. The summed E-state index contributed by atoms with van der Waals surface area (Å²) in [6.45, 7) is 3.11. The number of ketones is 1. The first-order valence-corrected chi connectivity index (χ1v) is 6.72. The molecule has 0 atom stereocenters. The van der Waals surface area contributed by atoms with E-state index in [0.717, 1.165) is 19.6 Å². The molecule has 1 saturated heterocycles. The molecule has 0 spiro atoms. The zero-order valence-corrected chi connectivity index (χ0v) is 10.9. The lowest BCUT2D eigenvalue weighted by Gasteiger charge is -2.23. The number of piperidine rings is 1. The van der Waals surface area contributed by atoms with E-state index < -0.39 is 5.97 Å². The number of rotatable bonds is 5. The molecule has 102 valence electrons. The fourth-order valence-electron chi connectivity index (χ4n) is 2.45. The van der Waals surface area contributed by atoms with Crippen LogP contribution in [0, 0.1) is 0 Å². The number of pyridine rings is 1. The summed E-state index contributed by atoms with van der Waals surface area (Å²) in [5, 5.41) is 8.87. The van der Waals surface area contributed by atoms with Crippen LogP contribution in [0.5, 0.6) is 0 Å². The van der Waals surface area contributed by atoms with Crippen LogP contribution in [0.2, 0.25) is 0 Å². The van der Waals surface area contributed by atoms with Gasteiger partial charge in [0.25, 0.3) is 0 Å². The number of quaternary nitrogens is 1. The van der Waals surface area contributed by atoms with Crippen LogP contribution in [0.3, 0.4) is 0 Å². The van der Waals surface area contributed by atoms with Gasteiger partial charge in [-0.1, -0.05) is 0 Å². The number of carboxylic acid groups (broad SMARTS) is 1. The molecule has 1 aromatic rings. The number of Topliss-reactive ketones (excluding diaryl/α,β-unsaturated/α-hetero) is 1. The topological polar surface area (TPSA) is 71.7 Å². The lowest BCUT2D eigenvalue weighted by Crippen LogP contribution is -3.12. The van der Waals surface area contributed by atoms with Crippen molar-refractivity contribution in [2.75, 3.05) is 19.6 Å². The van der Waals surface area contributed by atoms with Crippen LogP contribution in [0.25, 0.3) is 0 Å². The maximum absolute atomic E-state index is 12.0. The highest BCUT2D eigenvalue weighted by Gasteiger charge is 2.16. The van der Waals surface area contributed by atoms with Crippen LogP contribution in [-0.2, 0) is 0 Å². The highest BCUT2D eigenvalue weighted by molar-refractivity contribution is 5.98. The highest BCUT2D eigenvalue weighted by Crippen LogP contribution is 2.05. The number of carbonyl (C=O) groups excluding carboxylic acids is 1. The molecule has 0 aliphatic carbocycles. The van der Waals surface area contributed by atoms with Crippen molar-refractivity contribution in [2.24, 2.45) is 0 Å².